The van der Waals surface area contributed by atoms with Crippen LogP contribution in [-0.4, -0.2) is 11.1 Å². The van der Waals surface area contributed by atoms with Crippen LogP contribution in [0.2, 0.25) is 0 Å². The van der Waals surface area contributed by atoms with E-state index < -0.39 is 5.97 Å². The van der Waals surface area contributed by atoms with Crippen molar-refractivity contribution in [3.05, 3.63) is 18.6 Å². The molecule has 8 heavy (non-hydrogen) atoms. The van der Waals surface area contributed by atoms with E-state index in [2.05, 4.69) is 6.92 Å². The number of carboxylic acid groups (broad SMARTS) is 1. The second kappa shape index (κ2) is 3.24. The highest BCUT2D eigenvalue weighted by Gasteiger charge is 1.94. The summed E-state index contributed by atoms with van der Waals surface area (Å²) in [5.41, 5.74) is 0.361. The molecule has 0 aliphatic heterocycles. The monoisotopic (exact) mass is 113 g/mol. The summed E-state index contributed by atoms with van der Waals surface area (Å²) in [6.07, 6.45) is 2.11. The lowest BCUT2D eigenvalue weighted by Gasteiger charge is -1.87. The Morgan fingerprint density at radius 2 is 2.38 bits per heavy atom. The van der Waals surface area contributed by atoms with Gasteiger partial charge in [-0.25, -0.2) is 4.79 Å². The van der Waals surface area contributed by atoms with Gasteiger partial charge in [-0.3, -0.25) is 0 Å². The normalized spacial score (nSPS) is 11.5. The SMILES string of the molecule is [CH2]CC=C(C)C(=O)O. The Labute approximate surface area is 48.8 Å². The Hall–Kier alpha value is -0.790. The van der Waals surface area contributed by atoms with Gasteiger partial charge in [0.2, 0.25) is 0 Å². The Kier molecular flexibility index (Phi) is 2.92. The van der Waals surface area contributed by atoms with Gasteiger partial charge < -0.3 is 5.11 Å². The van der Waals surface area contributed by atoms with Crippen LogP contribution in [0.4, 0.5) is 0 Å². The summed E-state index contributed by atoms with van der Waals surface area (Å²) in [6.45, 7) is 5.02. The molecule has 0 atom stereocenters. The van der Waals surface area contributed by atoms with Gasteiger partial charge in [0, 0.05) is 5.57 Å². The van der Waals surface area contributed by atoms with E-state index in [0.717, 1.165) is 0 Å². The Bertz CT molecular complexity index is 114. The van der Waals surface area contributed by atoms with E-state index in [1.807, 2.05) is 0 Å². The van der Waals surface area contributed by atoms with Gasteiger partial charge in [-0.15, -0.1) is 0 Å². The third-order valence-corrected chi connectivity index (χ3v) is 0.788. The highest BCUT2D eigenvalue weighted by molar-refractivity contribution is 5.85. The molecular weight excluding hydrogens is 104 g/mol. The molecule has 2 heteroatoms. The lowest BCUT2D eigenvalue weighted by atomic mass is 10.2. The van der Waals surface area contributed by atoms with Crippen molar-refractivity contribution in [3.8, 4) is 0 Å². The zero-order valence-electron chi connectivity index (χ0n) is 4.85. The molecule has 0 aliphatic carbocycles. The number of carboxylic acids is 1. The summed E-state index contributed by atoms with van der Waals surface area (Å²) < 4.78 is 0. The molecule has 45 valence electrons. The standard InChI is InChI=1S/C6H9O2/c1-3-4-5(2)6(7)8/h4H,1,3H2,2H3,(H,7,8). The average molecular weight is 113 g/mol. The molecule has 1 radical (unpaired) electrons. The highest BCUT2D eigenvalue weighted by Crippen LogP contribution is 1.92. The molecule has 0 saturated heterocycles. The zero-order chi connectivity index (χ0) is 6.57. The Balaban J connectivity index is 3.80. The summed E-state index contributed by atoms with van der Waals surface area (Å²) >= 11 is 0. The van der Waals surface area contributed by atoms with Crippen LogP contribution in [0.25, 0.3) is 0 Å². The molecule has 0 spiro atoms. The fraction of sp³-hybridized carbons (Fsp3) is 0.333. The fourth-order valence-electron chi connectivity index (χ4n) is 0.304. The second-order valence-corrected chi connectivity index (χ2v) is 1.48. The molecule has 0 heterocycles. The minimum atomic E-state index is -0.867. The molecule has 0 saturated carbocycles. The van der Waals surface area contributed by atoms with Crippen molar-refractivity contribution >= 4 is 5.97 Å². The predicted octanol–water partition coefficient (Wildman–Crippen LogP) is 1.24. The molecule has 0 aromatic rings. The van der Waals surface area contributed by atoms with Crippen molar-refractivity contribution in [2.75, 3.05) is 0 Å². The minimum absolute atomic E-state index is 0.361. The van der Waals surface area contributed by atoms with E-state index in [4.69, 9.17) is 5.11 Å². The third-order valence-electron chi connectivity index (χ3n) is 0.788. The van der Waals surface area contributed by atoms with E-state index in [9.17, 15) is 4.79 Å². The largest absolute Gasteiger partial charge is 0.478 e. The quantitative estimate of drug-likeness (QED) is 0.547. The van der Waals surface area contributed by atoms with Crippen molar-refractivity contribution in [1.82, 2.24) is 0 Å². The van der Waals surface area contributed by atoms with Crippen LogP contribution in [0, 0.1) is 6.92 Å². The van der Waals surface area contributed by atoms with Gasteiger partial charge >= 0.3 is 5.97 Å². The molecule has 0 fully saturated rings. The Morgan fingerprint density at radius 1 is 1.88 bits per heavy atom. The first kappa shape index (κ1) is 7.21. The van der Waals surface area contributed by atoms with E-state index in [0.29, 0.717) is 12.0 Å². The molecule has 0 bridgehead atoms. The summed E-state index contributed by atoms with van der Waals surface area (Å²) in [6, 6.07) is 0. The molecule has 0 aromatic carbocycles. The van der Waals surface area contributed by atoms with Crippen LogP contribution in [0.1, 0.15) is 13.3 Å². The maximum atomic E-state index is 9.99. The first-order valence-corrected chi connectivity index (χ1v) is 2.37. The lowest BCUT2D eigenvalue weighted by molar-refractivity contribution is -0.132. The highest BCUT2D eigenvalue weighted by atomic mass is 16.4. The van der Waals surface area contributed by atoms with Crippen LogP contribution in [-0.2, 0) is 4.79 Å². The molecule has 0 amide bonds. The molecule has 2 nitrogen and oxygen atoms in total. The van der Waals surface area contributed by atoms with Gasteiger partial charge in [0.05, 0.1) is 0 Å². The first-order valence-electron chi connectivity index (χ1n) is 2.37. The van der Waals surface area contributed by atoms with Gasteiger partial charge in [0.15, 0.2) is 0 Å². The number of aliphatic carboxylic acids is 1. The number of carbonyl (C=O) groups is 1. The van der Waals surface area contributed by atoms with Gasteiger partial charge in [-0.1, -0.05) is 6.08 Å². The van der Waals surface area contributed by atoms with Crippen LogP contribution in [0.15, 0.2) is 11.6 Å². The molecular formula is C6H9O2. The third kappa shape index (κ3) is 2.39. The van der Waals surface area contributed by atoms with Crippen molar-refractivity contribution in [2.24, 2.45) is 0 Å². The van der Waals surface area contributed by atoms with Crippen LogP contribution < -0.4 is 0 Å². The van der Waals surface area contributed by atoms with Gasteiger partial charge in [-0.2, -0.15) is 0 Å². The minimum Gasteiger partial charge on any atom is -0.478 e. The van der Waals surface area contributed by atoms with E-state index in [1.165, 1.54) is 0 Å². The number of rotatable bonds is 2. The summed E-state index contributed by atoms with van der Waals surface area (Å²) in [5.74, 6) is -0.867. The lowest BCUT2D eigenvalue weighted by Crippen LogP contribution is -1.94. The molecule has 0 aliphatic rings. The zero-order valence-corrected chi connectivity index (χ0v) is 4.85. The number of hydrogen-bond donors (Lipinski definition) is 1. The smallest absolute Gasteiger partial charge is 0.330 e. The van der Waals surface area contributed by atoms with Gasteiger partial charge in [0.25, 0.3) is 0 Å². The van der Waals surface area contributed by atoms with Crippen molar-refractivity contribution < 1.29 is 9.90 Å². The van der Waals surface area contributed by atoms with Crippen LogP contribution in [0.5, 0.6) is 0 Å². The Morgan fingerprint density at radius 3 is 2.50 bits per heavy atom. The number of allylic oxidation sites excluding steroid dienone is 1. The predicted molar refractivity (Wildman–Crippen MR) is 31.4 cm³/mol. The maximum absolute atomic E-state index is 9.99. The summed E-state index contributed by atoms with van der Waals surface area (Å²) in [4.78, 5) is 9.99. The number of hydrogen-bond acceptors (Lipinski definition) is 1. The maximum Gasteiger partial charge on any atom is 0.330 e. The molecule has 0 rings (SSSR count). The van der Waals surface area contributed by atoms with E-state index >= 15 is 0 Å². The van der Waals surface area contributed by atoms with Crippen molar-refractivity contribution in [3.63, 3.8) is 0 Å². The summed E-state index contributed by atoms with van der Waals surface area (Å²) in [5, 5.41) is 8.22. The van der Waals surface area contributed by atoms with E-state index in [1.54, 1.807) is 13.0 Å². The van der Waals surface area contributed by atoms with Gasteiger partial charge in [-0.05, 0) is 20.3 Å². The molecule has 1 N–H and O–H groups in total. The van der Waals surface area contributed by atoms with Crippen molar-refractivity contribution in [1.29, 1.82) is 0 Å². The first-order chi connectivity index (χ1) is 3.68. The van der Waals surface area contributed by atoms with Crippen LogP contribution in [0.3, 0.4) is 0 Å². The molecule has 0 aromatic heterocycles. The molecule has 0 unspecified atom stereocenters. The van der Waals surface area contributed by atoms with Crippen LogP contribution >= 0.6 is 0 Å². The topological polar surface area (TPSA) is 37.3 Å². The second-order valence-electron chi connectivity index (χ2n) is 1.48. The fourth-order valence-corrected chi connectivity index (χ4v) is 0.304. The summed E-state index contributed by atoms with van der Waals surface area (Å²) in [7, 11) is 0. The van der Waals surface area contributed by atoms with E-state index in [-0.39, 0.29) is 0 Å². The average Bonchev–Trinajstić information content (AvgIpc) is 1.67. The van der Waals surface area contributed by atoms with Crippen molar-refractivity contribution in [2.45, 2.75) is 13.3 Å². The van der Waals surface area contributed by atoms with Gasteiger partial charge in [0.1, 0.15) is 0 Å².